The van der Waals surface area contributed by atoms with Crippen molar-refractivity contribution in [2.75, 3.05) is 21.3 Å². The van der Waals surface area contributed by atoms with E-state index in [0.29, 0.717) is 34.3 Å². The molecular weight excluding hydrogens is 588 g/mol. The third kappa shape index (κ3) is 5.87. The van der Waals surface area contributed by atoms with Gasteiger partial charge >= 0.3 is 11.9 Å². The lowest BCUT2D eigenvalue weighted by molar-refractivity contribution is -0.132. The number of methoxy groups -OCH3 is 3. The normalized spacial score (nSPS) is 16.3. The first-order valence-electron chi connectivity index (χ1n) is 14.6. The summed E-state index contributed by atoms with van der Waals surface area (Å²) in [5, 5.41) is 0. The minimum Gasteiger partial charge on any atom is -0.497 e. The molecule has 0 amide bonds. The number of carbonyl (C=O) groups is 2. The number of allylic oxidation sites excluding steroid dienone is 1. The minimum absolute atomic E-state index is 0.268. The molecule has 2 aliphatic heterocycles. The van der Waals surface area contributed by atoms with Gasteiger partial charge in [-0.2, -0.15) is 0 Å². The van der Waals surface area contributed by atoms with Gasteiger partial charge in [-0.3, -0.25) is 9.59 Å². The highest BCUT2D eigenvalue weighted by atomic mass is 16.5. The summed E-state index contributed by atoms with van der Waals surface area (Å²) < 4.78 is 41.4. The highest BCUT2D eigenvalue weighted by molar-refractivity contribution is 5.84. The molecule has 9 heteroatoms. The van der Waals surface area contributed by atoms with Crippen molar-refractivity contribution in [3.63, 3.8) is 0 Å². The van der Waals surface area contributed by atoms with Crippen molar-refractivity contribution in [3.8, 4) is 40.2 Å². The van der Waals surface area contributed by atoms with Crippen LogP contribution in [0.25, 0.3) is 11.8 Å². The SMILES string of the molecule is COc1ccc(/C=C/[C@H]2C3=C(Oc4cc(OC(C)=O)cc(OC)c42)c2c(OC)cc(OC(C)=O)cc2O[C@H]3c2ccccc2)cc1. The van der Waals surface area contributed by atoms with E-state index in [1.54, 1.807) is 38.5 Å². The lowest BCUT2D eigenvalue weighted by Crippen LogP contribution is -2.27. The first-order valence-corrected chi connectivity index (χ1v) is 14.6. The topological polar surface area (TPSA) is 98.8 Å². The molecule has 4 aromatic rings. The van der Waals surface area contributed by atoms with Crippen LogP contribution in [0.4, 0.5) is 0 Å². The van der Waals surface area contributed by atoms with Crippen molar-refractivity contribution < 1.29 is 42.7 Å². The fraction of sp³-hybridized carbons (Fsp3) is 0.189. The van der Waals surface area contributed by atoms with Gasteiger partial charge in [0.15, 0.2) is 0 Å². The summed E-state index contributed by atoms with van der Waals surface area (Å²) in [5.41, 5.74) is 3.90. The second-order valence-corrected chi connectivity index (χ2v) is 10.6. The van der Waals surface area contributed by atoms with Gasteiger partial charge in [-0.15, -0.1) is 0 Å². The predicted octanol–water partition coefficient (Wildman–Crippen LogP) is 7.30. The third-order valence-corrected chi connectivity index (χ3v) is 7.65. The number of hydrogen-bond acceptors (Lipinski definition) is 9. The van der Waals surface area contributed by atoms with Crippen molar-refractivity contribution >= 4 is 23.8 Å². The maximum atomic E-state index is 11.9. The van der Waals surface area contributed by atoms with E-state index >= 15 is 0 Å². The molecule has 0 aromatic heterocycles. The fourth-order valence-corrected chi connectivity index (χ4v) is 5.76. The molecule has 2 atom stereocenters. The van der Waals surface area contributed by atoms with Crippen LogP contribution < -0.4 is 33.2 Å². The molecule has 0 fully saturated rings. The molecule has 2 aliphatic rings. The molecule has 0 saturated heterocycles. The Labute approximate surface area is 266 Å². The molecular formula is C37H32O9. The van der Waals surface area contributed by atoms with Gasteiger partial charge in [0.25, 0.3) is 0 Å². The van der Waals surface area contributed by atoms with E-state index in [9.17, 15) is 9.59 Å². The highest BCUT2D eigenvalue weighted by Crippen LogP contribution is 2.58. The zero-order chi connectivity index (χ0) is 32.4. The summed E-state index contributed by atoms with van der Waals surface area (Å²) in [7, 11) is 4.71. The zero-order valence-electron chi connectivity index (χ0n) is 26.0. The molecule has 4 aromatic carbocycles. The monoisotopic (exact) mass is 620 g/mol. The molecule has 46 heavy (non-hydrogen) atoms. The molecule has 9 nitrogen and oxygen atoms in total. The van der Waals surface area contributed by atoms with Gasteiger partial charge < -0.3 is 33.2 Å². The van der Waals surface area contributed by atoms with Gasteiger partial charge in [0.2, 0.25) is 0 Å². The number of rotatable bonds is 8. The average molecular weight is 621 g/mol. The summed E-state index contributed by atoms with van der Waals surface area (Å²) in [4.78, 5) is 23.8. The number of hydrogen-bond donors (Lipinski definition) is 0. The van der Waals surface area contributed by atoms with Gasteiger partial charge in [0, 0.05) is 55.2 Å². The smallest absolute Gasteiger partial charge is 0.308 e. The standard InChI is InChI=1S/C37H32O9/c1-21(38)43-26-17-29(41-4)33-28(16-13-23-11-14-25(40-3)15-12-23)34-36(24-9-7-6-8-10-24)45-32-20-27(44-22(2)39)18-30(42-5)35(32)37(34)46-31(33)19-26/h6-20,28,36H,1-5H3/b16-13+/t28-,36+/m1/s1. The Hall–Kier alpha value is -5.70. The lowest BCUT2D eigenvalue weighted by Gasteiger charge is -2.39. The number of carbonyl (C=O) groups excluding carboxylic acids is 2. The quantitative estimate of drug-likeness (QED) is 0.148. The van der Waals surface area contributed by atoms with Crippen LogP contribution in [0.1, 0.15) is 48.1 Å². The van der Waals surface area contributed by atoms with Crippen molar-refractivity contribution in [3.05, 3.63) is 113 Å². The van der Waals surface area contributed by atoms with E-state index in [1.165, 1.54) is 21.0 Å². The molecule has 234 valence electrons. The van der Waals surface area contributed by atoms with Gasteiger partial charge in [0.1, 0.15) is 57.7 Å². The van der Waals surface area contributed by atoms with Crippen LogP contribution in [0.3, 0.4) is 0 Å². The Kier molecular flexibility index (Phi) is 8.39. The van der Waals surface area contributed by atoms with E-state index < -0.39 is 24.0 Å². The second-order valence-electron chi connectivity index (χ2n) is 10.6. The first kappa shape index (κ1) is 30.3. The fourth-order valence-electron chi connectivity index (χ4n) is 5.76. The van der Waals surface area contributed by atoms with E-state index in [0.717, 1.165) is 28.0 Å². The van der Waals surface area contributed by atoms with E-state index in [2.05, 4.69) is 6.08 Å². The van der Waals surface area contributed by atoms with Crippen LogP contribution in [-0.2, 0) is 9.59 Å². The Morgan fingerprint density at radius 1 is 0.717 bits per heavy atom. The maximum Gasteiger partial charge on any atom is 0.308 e. The summed E-state index contributed by atoms with van der Waals surface area (Å²) in [6.07, 6.45) is 3.47. The minimum atomic E-state index is -0.613. The van der Waals surface area contributed by atoms with Crippen LogP contribution >= 0.6 is 0 Å². The molecule has 0 saturated carbocycles. The van der Waals surface area contributed by atoms with Gasteiger partial charge in [-0.25, -0.2) is 0 Å². The van der Waals surface area contributed by atoms with Crippen molar-refractivity contribution in [2.24, 2.45) is 0 Å². The highest BCUT2D eigenvalue weighted by Gasteiger charge is 2.43. The molecule has 0 N–H and O–H groups in total. The van der Waals surface area contributed by atoms with E-state index in [1.807, 2.05) is 60.7 Å². The second kappa shape index (κ2) is 12.7. The number of benzene rings is 4. The molecule has 0 aliphatic carbocycles. The van der Waals surface area contributed by atoms with Crippen molar-refractivity contribution in [1.29, 1.82) is 0 Å². The summed E-state index contributed by atoms with van der Waals surface area (Å²) in [5.74, 6) is 2.11. The molecule has 0 spiro atoms. The molecule has 2 heterocycles. The van der Waals surface area contributed by atoms with Crippen molar-refractivity contribution in [1.82, 2.24) is 0 Å². The molecule has 0 radical (unpaired) electrons. The van der Waals surface area contributed by atoms with Crippen LogP contribution in [-0.4, -0.2) is 33.3 Å². The number of ether oxygens (including phenoxy) is 7. The van der Waals surface area contributed by atoms with E-state index in [-0.39, 0.29) is 11.5 Å². The summed E-state index contributed by atoms with van der Waals surface area (Å²) in [6, 6.07) is 24.1. The van der Waals surface area contributed by atoms with Gasteiger partial charge in [0.05, 0.1) is 21.3 Å². The van der Waals surface area contributed by atoms with E-state index in [4.69, 9.17) is 33.2 Å². The Morgan fingerprint density at radius 2 is 1.35 bits per heavy atom. The van der Waals surface area contributed by atoms with Crippen LogP contribution in [0.5, 0.6) is 40.2 Å². The Bertz CT molecular complexity index is 1860. The average Bonchev–Trinajstić information content (AvgIpc) is 3.05. The maximum absolute atomic E-state index is 11.9. The molecule has 0 unspecified atom stereocenters. The van der Waals surface area contributed by atoms with Gasteiger partial charge in [-0.05, 0) is 23.3 Å². The lowest BCUT2D eigenvalue weighted by atomic mass is 9.79. The Balaban J connectivity index is 1.62. The van der Waals surface area contributed by atoms with Crippen LogP contribution in [0, 0.1) is 0 Å². The predicted molar refractivity (Wildman–Crippen MR) is 171 cm³/mol. The third-order valence-electron chi connectivity index (χ3n) is 7.65. The molecule has 6 rings (SSSR count). The number of esters is 2. The van der Waals surface area contributed by atoms with Gasteiger partial charge in [-0.1, -0.05) is 54.6 Å². The zero-order valence-corrected chi connectivity index (χ0v) is 26.0. The summed E-state index contributed by atoms with van der Waals surface area (Å²) in [6.45, 7) is 2.66. The summed E-state index contributed by atoms with van der Waals surface area (Å²) >= 11 is 0. The Morgan fingerprint density at radius 3 is 1.96 bits per heavy atom. The van der Waals surface area contributed by atoms with Crippen molar-refractivity contribution in [2.45, 2.75) is 25.9 Å². The van der Waals surface area contributed by atoms with Crippen LogP contribution in [0.2, 0.25) is 0 Å². The first-order chi connectivity index (χ1) is 22.3. The molecule has 0 bridgehead atoms. The number of fused-ring (bicyclic) bond motifs is 3. The largest absolute Gasteiger partial charge is 0.497 e. The van der Waals surface area contributed by atoms with Crippen LogP contribution in [0.15, 0.2) is 90.5 Å².